The molecular formula is C15H17N3O3. The first kappa shape index (κ1) is 14.8. The molecule has 0 spiro atoms. The van der Waals surface area contributed by atoms with Crippen LogP contribution in [0.5, 0.6) is 0 Å². The molecule has 0 unspecified atom stereocenters. The zero-order valence-electron chi connectivity index (χ0n) is 11.9. The third-order valence-electron chi connectivity index (χ3n) is 2.98. The standard InChI is InChI=1S/C15H17N3O3/c1-3-21-15(20)13(11-7-5-4-6-8-11)17-14(19)12-9-16-10-18(12)2/h4-10,13H,3H2,1-2H3,(H,17,19)/t13-/m1/s1. The summed E-state index contributed by atoms with van der Waals surface area (Å²) in [7, 11) is 1.71. The smallest absolute Gasteiger partial charge is 0.333 e. The van der Waals surface area contributed by atoms with Crippen molar-refractivity contribution < 1.29 is 14.3 Å². The van der Waals surface area contributed by atoms with Crippen LogP contribution >= 0.6 is 0 Å². The molecule has 6 nitrogen and oxygen atoms in total. The first-order valence-electron chi connectivity index (χ1n) is 6.62. The third kappa shape index (κ3) is 3.47. The van der Waals surface area contributed by atoms with E-state index in [4.69, 9.17) is 4.74 Å². The van der Waals surface area contributed by atoms with Gasteiger partial charge in [-0.3, -0.25) is 4.79 Å². The summed E-state index contributed by atoms with van der Waals surface area (Å²) in [5, 5.41) is 2.69. The second-order valence-corrected chi connectivity index (χ2v) is 4.46. The summed E-state index contributed by atoms with van der Waals surface area (Å²) >= 11 is 0. The minimum absolute atomic E-state index is 0.254. The molecule has 1 amide bonds. The van der Waals surface area contributed by atoms with Crippen molar-refractivity contribution in [1.29, 1.82) is 0 Å². The molecular weight excluding hydrogens is 270 g/mol. The van der Waals surface area contributed by atoms with Crippen molar-refractivity contribution in [2.24, 2.45) is 7.05 Å². The minimum atomic E-state index is -0.839. The van der Waals surface area contributed by atoms with Crippen molar-refractivity contribution in [2.75, 3.05) is 6.61 Å². The van der Waals surface area contributed by atoms with Crippen molar-refractivity contribution >= 4 is 11.9 Å². The molecule has 0 aliphatic carbocycles. The number of ether oxygens (including phenoxy) is 1. The second kappa shape index (κ2) is 6.69. The van der Waals surface area contributed by atoms with Crippen LogP contribution < -0.4 is 5.32 Å². The van der Waals surface area contributed by atoms with Crippen LogP contribution in [0.1, 0.15) is 29.0 Å². The van der Waals surface area contributed by atoms with E-state index in [0.29, 0.717) is 11.3 Å². The largest absolute Gasteiger partial charge is 0.464 e. The minimum Gasteiger partial charge on any atom is -0.464 e. The predicted molar refractivity (Wildman–Crippen MR) is 76.5 cm³/mol. The molecule has 6 heteroatoms. The maximum Gasteiger partial charge on any atom is 0.333 e. The molecule has 1 atom stereocenters. The van der Waals surface area contributed by atoms with Crippen LogP contribution in [-0.2, 0) is 16.6 Å². The van der Waals surface area contributed by atoms with E-state index in [1.807, 2.05) is 6.07 Å². The van der Waals surface area contributed by atoms with E-state index in [1.54, 1.807) is 42.8 Å². The highest BCUT2D eigenvalue weighted by Crippen LogP contribution is 2.15. The van der Waals surface area contributed by atoms with Gasteiger partial charge in [-0.05, 0) is 12.5 Å². The van der Waals surface area contributed by atoms with Gasteiger partial charge < -0.3 is 14.6 Å². The molecule has 1 N–H and O–H groups in total. The Morgan fingerprint density at radius 2 is 2.05 bits per heavy atom. The number of benzene rings is 1. The fourth-order valence-corrected chi connectivity index (χ4v) is 1.93. The number of nitrogens with one attached hydrogen (secondary N) is 1. The highest BCUT2D eigenvalue weighted by Gasteiger charge is 2.25. The number of rotatable bonds is 5. The van der Waals surface area contributed by atoms with Crippen molar-refractivity contribution in [3.05, 3.63) is 54.1 Å². The van der Waals surface area contributed by atoms with Crippen molar-refractivity contribution in [2.45, 2.75) is 13.0 Å². The Morgan fingerprint density at radius 3 is 2.62 bits per heavy atom. The SMILES string of the molecule is CCOC(=O)[C@H](NC(=O)c1cncn1C)c1ccccc1. The molecule has 0 fully saturated rings. The lowest BCUT2D eigenvalue weighted by Crippen LogP contribution is -2.35. The Morgan fingerprint density at radius 1 is 1.33 bits per heavy atom. The lowest BCUT2D eigenvalue weighted by Gasteiger charge is -2.17. The Labute approximate surface area is 122 Å². The van der Waals surface area contributed by atoms with Gasteiger partial charge in [0.05, 0.1) is 19.1 Å². The van der Waals surface area contributed by atoms with E-state index in [-0.39, 0.29) is 12.5 Å². The van der Waals surface area contributed by atoms with Crippen LogP contribution in [0, 0.1) is 0 Å². The zero-order valence-corrected chi connectivity index (χ0v) is 11.9. The van der Waals surface area contributed by atoms with Gasteiger partial charge in [-0.1, -0.05) is 30.3 Å². The number of amides is 1. The number of aromatic nitrogens is 2. The molecule has 110 valence electrons. The number of hydrogen-bond acceptors (Lipinski definition) is 4. The van der Waals surface area contributed by atoms with Gasteiger partial charge in [0.25, 0.3) is 5.91 Å². The highest BCUT2D eigenvalue weighted by molar-refractivity contribution is 5.95. The van der Waals surface area contributed by atoms with Gasteiger partial charge in [-0.25, -0.2) is 9.78 Å². The maximum atomic E-state index is 12.2. The van der Waals surface area contributed by atoms with Gasteiger partial charge in [0, 0.05) is 7.05 Å². The number of carbonyl (C=O) groups is 2. The molecule has 2 aromatic rings. The number of carbonyl (C=O) groups excluding carboxylic acids is 2. The van der Waals surface area contributed by atoms with Gasteiger partial charge in [-0.2, -0.15) is 0 Å². The summed E-state index contributed by atoms with van der Waals surface area (Å²) in [6.07, 6.45) is 2.97. The van der Waals surface area contributed by atoms with Crippen LogP contribution in [0.3, 0.4) is 0 Å². The lowest BCUT2D eigenvalue weighted by atomic mass is 10.1. The fourth-order valence-electron chi connectivity index (χ4n) is 1.93. The van der Waals surface area contributed by atoms with Crippen LogP contribution in [-0.4, -0.2) is 28.0 Å². The van der Waals surface area contributed by atoms with Gasteiger partial charge in [0.1, 0.15) is 5.69 Å². The average Bonchev–Trinajstić information content (AvgIpc) is 2.92. The summed E-state index contributed by atoms with van der Waals surface area (Å²) in [4.78, 5) is 28.2. The van der Waals surface area contributed by atoms with Crippen molar-refractivity contribution in [3.63, 3.8) is 0 Å². The molecule has 1 aromatic heterocycles. The van der Waals surface area contributed by atoms with Crippen LogP contribution in [0.4, 0.5) is 0 Å². The van der Waals surface area contributed by atoms with Gasteiger partial charge in [0.15, 0.2) is 6.04 Å². The molecule has 0 aliphatic rings. The number of imidazole rings is 1. The van der Waals surface area contributed by atoms with E-state index in [2.05, 4.69) is 10.3 Å². The first-order chi connectivity index (χ1) is 10.1. The average molecular weight is 287 g/mol. The quantitative estimate of drug-likeness (QED) is 0.845. The zero-order chi connectivity index (χ0) is 15.2. The van der Waals surface area contributed by atoms with Crippen molar-refractivity contribution in [1.82, 2.24) is 14.9 Å². The van der Waals surface area contributed by atoms with Gasteiger partial charge >= 0.3 is 5.97 Å². The number of nitrogens with zero attached hydrogens (tertiary/aromatic N) is 2. The molecule has 0 aliphatic heterocycles. The van der Waals surface area contributed by atoms with E-state index < -0.39 is 12.0 Å². The third-order valence-corrected chi connectivity index (χ3v) is 2.98. The fraction of sp³-hybridized carbons (Fsp3) is 0.267. The summed E-state index contributed by atoms with van der Waals surface area (Å²) in [5.74, 6) is -0.865. The molecule has 0 radical (unpaired) electrons. The highest BCUT2D eigenvalue weighted by atomic mass is 16.5. The number of aryl methyl sites for hydroxylation is 1. The molecule has 1 aromatic carbocycles. The van der Waals surface area contributed by atoms with Gasteiger partial charge in [-0.15, -0.1) is 0 Å². The summed E-state index contributed by atoms with van der Waals surface area (Å²) in [6.45, 7) is 1.98. The summed E-state index contributed by atoms with van der Waals surface area (Å²) < 4.78 is 6.62. The monoisotopic (exact) mass is 287 g/mol. The summed E-state index contributed by atoms with van der Waals surface area (Å²) in [6, 6.07) is 8.15. The van der Waals surface area contributed by atoms with Crippen LogP contribution in [0.2, 0.25) is 0 Å². The number of hydrogen-bond donors (Lipinski definition) is 1. The topological polar surface area (TPSA) is 73.2 Å². The van der Waals surface area contributed by atoms with E-state index in [0.717, 1.165) is 0 Å². The molecule has 1 heterocycles. The molecule has 21 heavy (non-hydrogen) atoms. The lowest BCUT2D eigenvalue weighted by molar-refractivity contribution is -0.145. The Kier molecular flexibility index (Phi) is 4.71. The second-order valence-electron chi connectivity index (χ2n) is 4.46. The summed E-state index contributed by atoms with van der Waals surface area (Å²) in [5.41, 5.74) is 1.05. The molecule has 0 bridgehead atoms. The molecule has 0 saturated carbocycles. The normalized spacial score (nSPS) is 11.7. The first-order valence-corrected chi connectivity index (χ1v) is 6.62. The van der Waals surface area contributed by atoms with E-state index >= 15 is 0 Å². The Bertz CT molecular complexity index is 622. The Balaban J connectivity index is 2.22. The van der Waals surface area contributed by atoms with E-state index in [1.165, 1.54) is 12.5 Å². The molecule has 2 rings (SSSR count). The van der Waals surface area contributed by atoms with Crippen LogP contribution in [0.15, 0.2) is 42.9 Å². The maximum absolute atomic E-state index is 12.2. The van der Waals surface area contributed by atoms with Gasteiger partial charge in [0.2, 0.25) is 0 Å². The number of esters is 1. The van der Waals surface area contributed by atoms with Crippen LogP contribution in [0.25, 0.3) is 0 Å². The van der Waals surface area contributed by atoms with E-state index in [9.17, 15) is 9.59 Å². The Hall–Kier alpha value is -2.63. The predicted octanol–water partition coefficient (Wildman–Crippen LogP) is 1.45. The molecule has 0 saturated heterocycles. The van der Waals surface area contributed by atoms with Crippen molar-refractivity contribution in [3.8, 4) is 0 Å².